The summed E-state index contributed by atoms with van der Waals surface area (Å²) in [4.78, 5) is 11.9. The third kappa shape index (κ3) is 2.73. The number of methoxy groups -OCH3 is 1. The molecule has 1 aliphatic rings. The van der Waals surface area contributed by atoms with Gasteiger partial charge in [-0.25, -0.2) is 4.79 Å². The van der Waals surface area contributed by atoms with E-state index in [1.807, 2.05) is 18.2 Å². The van der Waals surface area contributed by atoms with Crippen molar-refractivity contribution in [3.8, 4) is 5.75 Å². The third-order valence-electron chi connectivity index (χ3n) is 3.41. The number of urea groups is 1. The Labute approximate surface area is 107 Å². The van der Waals surface area contributed by atoms with Crippen molar-refractivity contribution >= 4 is 11.7 Å². The van der Waals surface area contributed by atoms with Gasteiger partial charge in [0, 0.05) is 18.3 Å². The van der Waals surface area contributed by atoms with Gasteiger partial charge in [-0.3, -0.25) is 0 Å². The zero-order valence-corrected chi connectivity index (χ0v) is 10.5. The lowest BCUT2D eigenvalue weighted by atomic mass is 9.77. The van der Waals surface area contributed by atoms with Crippen LogP contribution in [0.5, 0.6) is 5.75 Å². The lowest BCUT2D eigenvalue weighted by Gasteiger charge is -2.41. The summed E-state index contributed by atoms with van der Waals surface area (Å²) in [5, 5.41) is 5.74. The van der Waals surface area contributed by atoms with Gasteiger partial charge in [0.2, 0.25) is 0 Å². The van der Waals surface area contributed by atoms with Gasteiger partial charge in [-0.2, -0.15) is 0 Å². The molecule has 1 aliphatic carbocycles. The Balaban J connectivity index is 1.94. The molecule has 1 aromatic carbocycles. The fourth-order valence-corrected chi connectivity index (χ4v) is 2.09. The predicted molar refractivity (Wildman–Crippen MR) is 70.8 cm³/mol. The highest BCUT2D eigenvalue weighted by molar-refractivity contribution is 5.90. The molecule has 18 heavy (non-hydrogen) atoms. The molecule has 1 aromatic rings. The number of ether oxygens (including phenoxy) is 1. The summed E-state index contributed by atoms with van der Waals surface area (Å²) in [6.45, 7) is 0.485. The van der Waals surface area contributed by atoms with Crippen LogP contribution in [0.4, 0.5) is 10.5 Å². The van der Waals surface area contributed by atoms with E-state index in [1.165, 1.54) is 0 Å². The number of anilines is 1. The lowest BCUT2D eigenvalue weighted by Crippen LogP contribution is -2.59. The van der Waals surface area contributed by atoms with E-state index in [9.17, 15) is 4.79 Å². The fourth-order valence-electron chi connectivity index (χ4n) is 2.09. The minimum absolute atomic E-state index is 0.205. The second kappa shape index (κ2) is 5.27. The molecule has 2 amide bonds. The van der Waals surface area contributed by atoms with Gasteiger partial charge in [0.25, 0.3) is 0 Å². The second-order valence-corrected chi connectivity index (χ2v) is 4.65. The van der Waals surface area contributed by atoms with Gasteiger partial charge >= 0.3 is 6.03 Å². The molecule has 0 spiro atoms. The van der Waals surface area contributed by atoms with Crippen LogP contribution in [0.25, 0.3) is 0 Å². The first-order valence-electron chi connectivity index (χ1n) is 6.11. The van der Waals surface area contributed by atoms with Gasteiger partial charge in [-0.15, -0.1) is 0 Å². The normalized spacial score (nSPS) is 16.6. The summed E-state index contributed by atoms with van der Waals surface area (Å²) in [5.41, 5.74) is 6.20. The maximum absolute atomic E-state index is 11.9. The molecule has 1 saturated carbocycles. The standard InChI is InChI=1S/C13H19N3O2/c1-18-11-5-2-4-10(8-11)15-12(17)16-13(9-14)6-3-7-13/h2,4-5,8H,3,6-7,9,14H2,1H3,(H2,15,16,17). The van der Waals surface area contributed by atoms with Gasteiger partial charge in [-0.1, -0.05) is 6.07 Å². The summed E-state index contributed by atoms with van der Waals surface area (Å²) in [7, 11) is 1.59. The molecule has 5 nitrogen and oxygen atoms in total. The van der Waals surface area contributed by atoms with E-state index in [-0.39, 0.29) is 11.6 Å². The highest BCUT2D eigenvalue weighted by Crippen LogP contribution is 2.30. The van der Waals surface area contributed by atoms with Gasteiger partial charge in [0.05, 0.1) is 12.6 Å². The van der Waals surface area contributed by atoms with Crippen LogP contribution in [0.3, 0.4) is 0 Å². The summed E-state index contributed by atoms with van der Waals surface area (Å²) in [6.07, 6.45) is 3.03. The van der Waals surface area contributed by atoms with Gasteiger partial charge in [-0.05, 0) is 31.4 Å². The zero-order chi connectivity index (χ0) is 13.0. The number of benzene rings is 1. The summed E-state index contributed by atoms with van der Waals surface area (Å²) >= 11 is 0. The Hall–Kier alpha value is -1.75. The van der Waals surface area contributed by atoms with Crippen molar-refractivity contribution < 1.29 is 9.53 Å². The van der Waals surface area contributed by atoms with Crippen LogP contribution in [0.1, 0.15) is 19.3 Å². The molecule has 98 valence electrons. The van der Waals surface area contributed by atoms with Gasteiger partial charge in [0.15, 0.2) is 0 Å². The molecule has 5 heteroatoms. The first kappa shape index (κ1) is 12.7. The summed E-state index contributed by atoms with van der Waals surface area (Å²) in [5.74, 6) is 0.713. The van der Waals surface area contributed by atoms with Crippen LogP contribution >= 0.6 is 0 Å². The van der Waals surface area contributed by atoms with E-state index in [0.717, 1.165) is 19.3 Å². The Morgan fingerprint density at radius 2 is 2.28 bits per heavy atom. The number of nitrogens with one attached hydrogen (secondary N) is 2. The minimum atomic E-state index is -0.214. The van der Waals surface area contributed by atoms with E-state index in [4.69, 9.17) is 10.5 Å². The molecule has 0 atom stereocenters. The van der Waals surface area contributed by atoms with Crippen molar-refractivity contribution in [2.75, 3.05) is 19.0 Å². The molecule has 0 bridgehead atoms. The third-order valence-corrected chi connectivity index (χ3v) is 3.41. The van der Waals surface area contributed by atoms with E-state index in [1.54, 1.807) is 13.2 Å². The van der Waals surface area contributed by atoms with Crippen molar-refractivity contribution in [1.82, 2.24) is 5.32 Å². The Kier molecular flexibility index (Phi) is 3.72. The van der Waals surface area contributed by atoms with Crippen LogP contribution in [-0.2, 0) is 0 Å². The van der Waals surface area contributed by atoms with Gasteiger partial charge in [0.1, 0.15) is 5.75 Å². The lowest BCUT2D eigenvalue weighted by molar-refractivity contribution is 0.190. The molecule has 4 N–H and O–H groups in total. The maximum Gasteiger partial charge on any atom is 0.319 e. The van der Waals surface area contributed by atoms with Gasteiger partial charge < -0.3 is 21.1 Å². The van der Waals surface area contributed by atoms with E-state index in [2.05, 4.69) is 10.6 Å². The molecular weight excluding hydrogens is 230 g/mol. The van der Waals surface area contributed by atoms with E-state index < -0.39 is 0 Å². The smallest absolute Gasteiger partial charge is 0.319 e. The average molecular weight is 249 g/mol. The van der Waals surface area contributed by atoms with Crippen molar-refractivity contribution in [2.45, 2.75) is 24.8 Å². The SMILES string of the molecule is COc1cccc(NC(=O)NC2(CN)CCC2)c1. The summed E-state index contributed by atoms with van der Waals surface area (Å²) < 4.78 is 5.10. The number of hydrogen-bond donors (Lipinski definition) is 3. The highest BCUT2D eigenvalue weighted by atomic mass is 16.5. The number of carbonyl (C=O) groups excluding carboxylic acids is 1. The molecule has 0 unspecified atom stereocenters. The molecule has 2 rings (SSSR count). The number of nitrogens with two attached hydrogens (primary N) is 1. The topological polar surface area (TPSA) is 76.4 Å². The number of hydrogen-bond acceptors (Lipinski definition) is 3. The summed E-state index contributed by atoms with van der Waals surface area (Å²) in [6, 6.07) is 7.04. The first-order valence-corrected chi connectivity index (χ1v) is 6.11. The highest BCUT2D eigenvalue weighted by Gasteiger charge is 2.36. The van der Waals surface area contributed by atoms with Crippen molar-refractivity contribution in [3.63, 3.8) is 0 Å². The Morgan fingerprint density at radius 1 is 1.50 bits per heavy atom. The van der Waals surface area contributed by atoms with Crippen LogP contribution in [-0.4, -0.2) is 25.2 Å². The van der Waals surface area contributed by atoms with Crippen LogP contribution in [0.15, 0.2) is 24.3 Å². The zero-order valence-electron chi connectivity index (χ0n) is 10.5. The predicted octanol–water partition coefficient (Wildman–Crippen LogP) is 1.70. The van der Waals surface area contributed by atoms with Crippen molar-refractivity contribution in [1.29, 1.82) is 0 Å². The Bertz CT molecular complexity index is 424. The van der Waals surface area contributed by atoms with Crippen LogP contribution in [0.2, 0.25) is 0 Å². The minimum Gasteiger partial charge on any atom is -0.497 e. The largest absolute Gasteiger partial charge is 0.497 e. The maximum atomic E-state index is 11.9. The number of rotatable bonds is 4. The molecule has 0 saturated heterocycles. The average Bonchev–Trinajstić information content (AvgIpc) is 2.34. The number of carbonyl (C=O) groups is 1. The Morgan fingerprint density at radius 3 is 2.83 bits per heavy atom. The van der Waals surface area contributed by atoms with Crippen molar-refractivity contribution in [2.24, 2.45) is 5.73 Å². The van der Waals surface area contributed by atoms with Crippen LogP contribution < -0.4 is 21.1 Å². The fraction of sp³-hybridized carbons (Fsp3) is 0.462. The molecule has 0 radical (unpaired) electrons. The van der Waals surface area contributed by atoms with E-state index in [0.29, 0.717) is 18.0 Å². The monoisotopic (exact) mass is 249 g/mol. The first-order chi connectivity index (χ1) is 8.67. The molecule has 1 fully saturated rings. The van der Waals surface area contributed by atoms with E-state index >= 15 is 0 Å². The van der Waals surface area contributed by atoms with Crippen LogP contribution in [0, 0.1) is 0 Å². The molecule has 0 heterocycles. The number of amides is 2. The van der Waals surface area contributed by atoms with Crippen molar-refractivity contribution in [3.05, 3.63) is 24.3 Å². The molecule has 0 aromatic heterocycles. The second-order valence-electron chi connectivity index (χ2n) is 4.65. The molecular formula is C13H19N3O2. The quantitative estimate of drug-likeness (QED) is 0.760. The molecule has 0 aliphatic heterocycles.